The fourth-order valence-electron chi connectivity index (χ4n) is 2.96. The molecule has 0 aliphatic heterocycles. The number of carbonyl (C=O) groups is 1. The van der Waals surface area contributed by atoms with E-state index >= 15 is 0 Å². The first kappa shape index (κ1) is 19.3. The quantitative estimate of drug-likeness (QED) is 0.672. The summed E-state index contributed by atoms with van der Waals surface area (Å²) in [4.78, 5) is 15.9. The van der Waals surface area contributed by atoms with Crippen molar-refractivity contribution < 1.29 is 13.6 Å². The fraction of sp³-hybridized carbons (Fsp3) is 0.500. The number of halogens is 2. The molecule has 1 aliphatic rings. The van der Waals surface area contributed by atoms with E-state index in [1.165, 1.54) is 6.08 Å². The molecule has 1 fully saturated rings. The molecule has 2 rings (SSSR count). The number of hydrogen-bond donors (Lipinski definition) is 1. The van der Waals surface area contributed by atoms with Gasteiger partial charge in [0.15, 0.2) is 0 Å². The van der Waals surface area contributed by atoms with E-state index in [1.807, 2.05) is 18.2 Å². The third kappa shape index (κ3) is 6.07. The highest BCUT2D eigenvalue weighted by Crippen LogP contribution is 2.37. The van der Waals surface area contributed by atoms with Crippen LogP contribution in [0.1, 0.15) is 56.7 Å². The minimum atomic E-state index is -2.51. The number of allylic oxidation sites excluding steroid dienone is 1. The lowest BCUT2D eigenvalue weighted by Gasteiger charge is -2.26. The van der Waals surface area contributed by atoms with E-state index in [0.29, 0.717) is 18.5 Å². The monoisotopic (exact) mass is 348 g/mol. The molecular formula is C20H26F2N2O. The van der Waals surface area contributed by atoms with Crippen LogP contribution in [0.15, 0.2) is 31.0 Å². The van der Waals surface area contributed by atoms with Crippen LogP contribution in [0.5, 0.6) is 0 Å². The van der Waals surface area contributed by atoms with Crippen LogP contribution in [0.4, 0.5) is 14.5 Å². The second-order valence-corrected chi connectivity index (χ2v) is 6.61. The number of amides is 1. The summed E-state index contributed by atoms with van der Waals surface area (Å²) in [6.07, 6.45) is 10.7. The number of anilines is 1. The third-order valence-corrected chi connectivity index (χ3v) is 4.53. The van der Waals surface area contributed by atoms with Crippen LogP contribution in [0.3, 0.4) is 0 Å². The van der Waals surface area contributed by atoms with Gasteiger partial charge < -0.3 is 5.32 Å². The molecule has 0 aromatic carbocycles. The van der Waals surface area contributed by atoms with E-state index in [4.69, 9.17) is 0 Å². The van der Waals surface area contributed by atoms with Gasteiger partial charge in [-0.3, -0.25) is 9.78 Å². The van der Waals surface area contributed by atoms with Crippen LogP contribution >= 0.6 is 0 Å². The van der Waals surface area contributed by atoms with Crippen molar-refractivity contribution >= 4 is 17.7 Å². The second kappa shape index (κ2) is 8.88. The first-order chi connectivity index (χ1) is 11.9. The van der Waals surface area contributed by atoms with Crippen molar-refractivity contribution in [2.24, 2.45) is 5.92 Å². The summed E-state index contributed by atoms with van der Waals surface area (Å²) in [7, 11) is 0. The van der Waals surface area contributed by atoms with Gasteiger partial charge in [0.1, 0.15) is 0 Å². The van der Waals surface area contributed by atoms with Gasteiger partial charge in [0.25, 0.3) is 0 Å². The molecule has 1 heterocycles. The molecule has 1 saturated carbocycles. The number of aryl methyl sites for hydroxylation is 1. The minimum Gasteiger partial charge on any atom is -0.321 e. The van der Waals surface area contributed by atoms with Crippen LogP contribution in [0.2, 0.25) is 0 Å². The normalized spacial score (nSPS) is 17.6. The lowest BCUT2D eigenvalue weighted by Crippen LogP contribution is -2.23. The van der Waals surface area contributed by atoms with Crippen molar-refractivity contribution in [3.63, 3.8) is 0 Å². The van der Waals surface area contributed by atoms with Gasteiger partial charge in [-0.1, -0.05) is 32.1 Å². The average molecular weight is 348 g/mol. The van der Waals surface area contributed by atoms with Crippen molar-refractivity contribution in [3.05, 3.63) is 42.3 Å². The van der Waals surface area contributed by atoms with Crippen molar-refractivity contribution in [1.82, 2.24) is 4.98 Å². The van der Waals surface area contributed by atoms with Crippen molar-refractivity contribution in [3.8, 4) is 0 Å². The number of hydrogen-bond acceptors (Lipinski definition) is 2. The average Bonchev–Trinajstić information content (AvgIpc) is 2.59. The zero-order valence-corrected chi connectivity index (χ0v) is 14.7. The molecule has 0 bridgehead atoms. The van der Waals surface area contributed by atoms with Gasteiger partial charge in [-0.25, -0.2) is 8.78 Å². The number of alkyl halides is 2. The van der Waals surface area contributed by atoms with Crippen LogP contribution in [0, 0.1) is 5.92 Å². The maximum atomic E-state index is 13.3. The Labute approximate surface area is 148 Å². The van der Waals surface area contributed by atoms with Crippen molar-refractivity contribution in [2.75, 3.05) is 5.32 Å². The predicted octanol–water partition coefficient (Wildman–Crippen LogP) is 5.39. The number of nitrogens with one attached hydrogen (secondary N) is 1. The Balaban J connectivity index is 2.14. The SMILES string of the molecule is C=CC(=O)Nc1cnc(CCCC)c(/C=C/C2CCC(F)(F)CC2)c1. The van der Waals surface area contributed by atoms with Crippen LogP contribution in [-0.2, 0) is 11.2 Å². The molecule has 5 heteroatoms. The summed E-state index contributed by atoms with van der Waals surface area (Å²) in [5, 5.41) is 2.71. The summed E-state index contributed by atoms with van der Waals surface area (Å²) in [5.41, 5.74) is 2.52. The van der Waals surface area contributed by atoms with Gasteiger partial charge in [-0.15, -0.1) is 0 Å². The fourth-order valence-corrected chi connectivity index (χ4v) is 2.96. The summed E-state index contributed by atoms with van der Waals surface area (Å²) in [6, 6.07) is 1.88. The Morgan fingerprint density at radius 2 is 2.16 bits per heavy atom. The molecule has 25 heavy (non-hydrogen) atoms. The first-order valence-electron chi connectivity index (χ1n) is 8.92. The second-order valence-electron chi connectivity index (χ2n) is 6.61. The first-order valence-corrected chi connectivity index (χ1v) is 8.92. The largest absolute Gasteiger partial charge is 0.321 e. The lowest BCUT2D eigenvalue weighted by atomic mass is 9.86. The Morgan fingerprint density at radius 3 is 2.80 bits per heavy atom. The van der Waals surface area contributed by atoms with Crippen LogP contribution < -0.4 is 5.32 Å². The molecule has 1 aliphatic carbocycles. The summed E-state index contributed by atoms with van der Waals surface area (Å²) < 4.78 is 26.5. The van der Waals surface area contributed by atoms with Crippen LogP contribution in [-0.4, -0.2) is 16.8 Å². The van der Waals surface area contributed by atoms with Crippen LogP contribution in [0.25, 0.3) is 6.08 Å². The number of carbonyl (C=O) groups excluding carboxylic acids is 1. The molecule has 0 radical (unpaired) electrons. The Bertz CT molecular complexity index is 631. The topological polar surface area (TPSA) is 42.0 Å². The number of rotatable bonds is 7. The Kier molecular flexibility index (Phi) is 6.85. The van der Waals surface area contributed by atoms with E-state index in [2.05, 4.69) is 23.8 Å². The molecule has 0 unspecified atom stereocenters. The van der Waals surface area contributed by atoms with Gasteiger partial charge in [-0.05, 0) is 49.3 Å². The third-order valence-electron chi connectivity index (χ3n) is 4.53. The highest BCUT2D eigenvalue weighted by molar-refractivity contribution is 5.98. The van der Waals surface area contributed by atoms with E-state index in [-0.39, 0.29) is 24.7 Å². The Hall–Kier alpha value is -2.04. The van der Waals surface area contributed by atoms with E-state index in [9.17, 15) is 13.6 Å². The van der Waals surface area contributed by atoms with Gasteiger partial charge in [0, 0.05) is 18.5 Å². The molecule has 1 amide bonds. The molecule has 1 aromatic heterocycles. The number of aromatic nitrogens is 1. The maximum absolute atomic E-state index is 13.3. The van der Waals surface area contributed by atoms with Gasteiger partial charge in [0.2, 0.25) is 11.8 Å². The summed E-state index contributed by atoms with van der Waals surface area (Å²) >= 11 is 0. The van der Waals surface area contributed by atoms with Crippen molar-refractivity contribution in [1.29, 1.82) is 0 Å². The molecule has 0 saturated heterocycles. The number of pyridine rings is 1. The number of nitrogens with zero attached hydrogens (tertiary/aromatic N) is 1. The Morgan fingerprint density at radius 1 is 1.44 bits per heavy atom. The predicted molar refractivity (Wildman–Crippen MR) is 97.6 cm³/mol. The highest BCUT2D eigenvalue weighted by atomic mass is 19.3. The standard InChI is InChI=1S/C20H26F2N2O/c1-3-5-6-18-16(13-17(14-23-18)24-19(25)4-2)8-7-15-9-11-20(21,22)12-10-15/h4,7-8,13-15H,2-3,5-6,9-12H2,1H3,(H,24,25)/b8-7+. The highest BCUT2D eigenvalue weighted by Gasteiger charge is 2.33. The molecule has 0 spiro atoms. The van der Waals surface area contributed by atoms with Crippen molar-refractivity contribution in [2.45, 2.75) is 57.8 Å². The van der Waals surface area contributed by atoms with E-state index in [1.54, 1.807) is 6.20 Å². The molecule has 1 N–H and O–H groups in total. The lowest BCUT2D eigenvalue weighted by molar-refractivity contribution is -0.111. The summed E-state index contributed by atoms with van der Waals surface area (Å²) in [5.74, 6) is -2.62. The van der Waals surface area contributed by atoms with Gasteiger partial charge in [-0.2, -0.15) is 0 Å². The number of unbranched alkanes of at least 4 members (excludes halogenated alkanes) is 1. The smallest absolute Gasteiger partial charge is 0.248 e. The van der Waals surface area contributed by atoms with E-state index < -0.39 is 5.92 Å². The van der Waals surface area contributed by atoms with E-state index in [0.717, 1.165) is 30.5 Å². The summed E-state index contributed by atoms with van der Waals surface area (Å²) in [6.45, 7) is 5.56. The zero-order chi connectivity index (χ0) is 18.3. The minimum absolute atomic E-state index is 0.0433. The molecule has 136 valence electrons. The molecule has 3 nitrogen and oxygen atoms in total. The zero-order valence-electron chi connectivity index (χ0n) is 14.7. The van der Waals surface area contributed by atoms with Gasteiger partial charge >= 0.3 is 0 Å². The van der Waals surface area contributed by atoms with Gasteiger partial charge in [0.05, 0.1) is 11.9 Å². The molecule has 1 aromatic rings. The molecular weight excluding hydrogens is 322 g/mol. The maximum Gasteiger partial charge on any atom is 0.248 e. The molecule has 0 atom stereocenters.